The van der Waals surface area contributed by atoms with Gasteiger partial charge in [0.25, 0.3) is 0 Å². The zero-order chi connectivity index (χ0) is 9.14. The number of hydrogen-bond donors (Lipinski definition) is 3. The van der Waals surface area contributed by atoms with Gasteiger partial charge in [0.1, 0.15) is 5.75 Å². The Kier molecular flexibility index (Phi) is 2.68. The molecule has 0 aliphatic rings. The Morgan fingerprint density at radius 3 is 2.67 bits per heavy atom. The Morgan fingerprint density at radius 2 is 2.17 bits per heavy atom. The fraction of sp³-hybridized carbons (Fsp3) is 0.333. The third-order valence-electron chi connectivity index (χ3n) is 1.93. The lowest BCUT2D eigenvalue weighted by atomic mass is 10.0. The van der Waals surface area contributed by atoms with Gasteiger partial charge in [-0.15, -0.1) is 0 Å². The molecule has 3 heteroatoms. The van der Waals surface area contributed by atoms with Crippen LogP contribution in [0.15, 0.2) is 18.2 Å². The summed E-state index contributed by atoms with van der Waals surface area (Å²) in [5.41, 5.74) is 12.8. The molecule has 1 atom stereocenters. The zero-order valence-electron chi connectivity index (χ0n) is 7.12. The average molecular weight is 166 g/mol. The summed E-state index contributed by atoms with van der Waals surface area (Å²) in [5, 5.41) is 9.46. The summed E-state index contributed by atoms with van der Waals surface area (Å²) in [6, 6.07) is 5.05. The van der Waals surface area contributed by atoms with Crippen molar-refractivity contribution in [3.8, 4) is 5.75 Å². The molecule has 1 aromatic carbocycles. The molecule has 0 radical (unpaired) electrons. The highest BCUT2D eigenvalue weighted by atomic mass is 16.3. The molecule has 0 aromatic heterocycles. The van der Waals surface area contributed by atoms with Crippen molar-refractivity contribution in [1.29, 1.82) is 0 Å². The number of phenolic OH excluding ortho intramolecular Hbond substituents is 1. The van der Waals surface area contributed by atoms with Gasteiger partial charge in [0.15, 0.2) is 0 Å². The SMILES string of the molecule is Cc1cccc(O)c1C(N)CN. The average Bonchev–Trinajstić information content (AvgIpc) is 2.03. The highest BCUT2D eigenvalue weighted by molar-refractivity contribution is 5.40. The quantitative estimate of drug-likeness (QED) is 0.604. The van der Waals surface area contributed by atoms with Gasteiger partial charge < -0.3 is 16.6 Å². The lowest BCUT2D eigenvalue weighted by Crippen LogP contribution is -2.21. The van der Waals surface area contributed by atoms with Gasteiger partial charge in [0.2, 0.25) is 0 Å². The molecule has 1 rings (SSSR count). The summed E-state index contributed by atoms with van der Waals surface area (Å²) in [4.78, 5) is 0. The van der Waals surface area contributed by atoms with Gasteiger partial charge in [-0.3, -0.25) is 0 Å². The molecule has 1 unspecified atom stereocenters. The Morgan fingerprint density at radius 1 is 1.50 bits per heavy atom. The molecule has 0 aliphatic carbocycles. The molecule has 0 heterocycles. The summed E-state index contributed by atoms with van der Waals surface area (Å²) in [5.74, 6) is 0.230. The first-order valence-corrected chi connectivity index (χ1v) is 3.91. The number of nitrogens with two attached hydrogens (primary N) is 2. The van der Waals surface area contributed by atoms with E-state index in [4.69, 9.17) is 11.5 Å². The van der Waals surface area contributed by atoms with E-state index >= 15 is 0 Å². The minimum absolute atomic E-state index is 0.230. The first-order chi connectivity index (χ1) is 5.66. The van der Waals surface area contributed by atoms with Crippen LogP contribution in [0.1, 0.15) is 17.2 Å². The summed E-state index contributed by atoms with van der Waals surface area (Å²) < 4.78 is 0. The molecule has 0 saturated carbocycles. The topological polar surface area (TPSA) is 72.3 Å². The minimum Gasteiger partial charge on any atom is -0.508 e. The van der Waals surface area contributed by atoms with E-state index in [9.17, 15) is 5.11 Å². The van der Waals surface area contributed by atoms with E-state index in [-0.39, 0.29) is 11.8 Å². The van der Waals surface area contributed by atoms with Crippen LogP contribution in [0.25, 0.3) is 0 Å². The maximum atomic E-state index is 9.46. The molecule has 0 fully saturated rings. The fourth-order valence-corrected chi connectivity index (χ4v) is 1.27. The van der Waals surface area contributed by atoms with E-state index in [1.54, 1.807) is 12.1 Å². The molecule has 0 spiro atoms. The predicted molar refractivity (Wildman–Crippen MR) is 48.8 cm³/mol. The lowest BCUT2D eigenvalue weighted by molar-refractivity contribution is 0.461. The van der Waals surface area contributed by atoms with Gasteiger partial charge >= 0.3 is 0 Å². The molecule has 12 heavy (non-hydrogen) atoms. The normalized spacial score (nSPS) is 12.9. The van der Waals surface area contributed by atoms with Crippen molar-refractivity contribution in [3.05, 3.63) is 29.3 Å². The smallest absolute Gasteiger partial charge is 0.120 e. The van der Waals surface area contributed by atoms with Crippen LogP contribution in [-0.2, 0) is 0 Å². The van der Waals surface area contributed by atoms with Crippen molar-refractivity contribution >= 4 is 0 Å². The van der Waals surface area contributed by atoms with E-state index in [1.807, 2.05) is 13.0 Å². The molecular formula is C9H14N2O. The molecule has 66 valence electrons. The molecule has 3 nitrogen and oxygen atoms in total. The van der Waals surface area contributed by atoms with Gasteiger partial charge in [-0.25, -0.2) is 0 Å². The molecule has 5 N–H and O–H groups in total. The maximum Gasteiger partial charge on any atom is 0.120 e. The number of aryl methyl sites for hydroxylation is 1. The van der Waals surface area contributed by atoms with Crippen molar-refractivity contribution in [1.82, 2.24) is 0 Å². The Labute approximate surface area is 72.0 Å². The van der Waals surface area contributed by atoms with Crippen molar-refractivity contribution in [3.63, 3.8) is 0 Å². The molecule has 0 amide bonds. The number of benzene rings is 1. The van der Waals surface area contributed by atoms with E-state index in [0.29, 0.717) is 6.54 Å². The van der Waals surface area contributed by atoms with Crippen LogP contribution >= 0.6 is 0 Å². The highest BCUT2D eigenvalue weighted by Crippen LogP contribution is 2.24. The van der Waals surface area contributed by atoms with E-state index in [1.165, 1.54) is 0 Å². The highest BCUT2D eigenvalue weighted by Gasteiger charge is 2.10. The van der Waals surface area contributed by atoms with Crippen LogP contribution in [0.4, 0.5) is 0 Å². The first-order valence-electron chi connectivity index (χ1n) is 3.91. The fourth-order valence-electron chi connectivity index (χ4n) is 1.27. The van der Waals surface area contributed by atoms with E-state index in [2.05, 4.69) is 0 Å². The second-order valence-corrected chi connectivity index (χ2v) is 2.85. The van der Waals surface area contributed by atoms with Crippen molar-refractivity contribution in [2.75, 3.05) is 6.54 Å². The second-order valence-electron chi connectivity index (χ2n) is 2.85. The maximum absolute atomic E-state index is 9.46. The van der Waals surface area contributed by atoms with Crippen LogP contribution in [0.2, 0.25) is 0 Å². The van der Waals surface area contributed by atoms with Crippen LogP contribution in [0, 0.1) is 6.92 Å². The summed E-state index contributed by atoms with van der Waals surface area (Å²) in [6.45, 7) is 2.25. The summed E-state index contributed by atoms with van der Waals surface area (Å²) in [7, 11) is 0. The standard InChI is InChI=1S/C9H14N2O/c1-6-3-2-4-8(12)9(6)7(11)5-10/h2-4,7,12H,5,10-11H2,1H3. The third kappa shape index (κ3) is 1.57. The number of aromatic hydroxyl groups is 1. The van der Waals surface area contributed by atoms with E-state index < -0.39 is 0 Å². The van der Waals surface area contributed by atoms with Gasteiger partial charge in [0.05, 0.1) is 0 Å². The summed E-state index contributed by atoms with van der Waals surface area (Å²) in [6.07, 6.45) is 0. The Hall–Kier alpha value is -1.06. The third-order valence-corrected chi connectivity index (χ3v) is 1.93. The monoisotopic (exact) mass is 166 g/mol. The Bertz CT molecular complexity index is 253. The zero-order valence-corrected chi connectivity index (χ0v) is 7.12. The molecular weight excluding hydrogens is 152 g/mol. The molecule has 0 aliphatic heterocycles. The van der Waals surface area contributed by atoms with Crippen molar-refractivity contribution < 1.29 is 5.11 Å². The molecule has 0 saturated heterocycles. The van der Waals surface area contributed by atoms with E-state index in [0.717, 1.165) is 11.1 Å². The number of rotatable bonds is 2. The lowest BCUT2D eigenvalue weighted by Gasteiger charge is -2.13. The van der Waals surface area contributed by atoms with Gasteiger partial charge in [-0.2, -0.15) is 0 Å². The van der Waals surface area contributed by atoms with Crippen molar-refractivity contribution in [2.24, 2.45) is 11.5 Å². The van der Waals surface area contributed by atoms with Gasteiger partial charge in [-0.1, -0.05) is 12.1 Å². The van der Waals surface area contributed by atoms with Crippen LogP contribution in [0.3, 0.4) is 0 Å². The van der Waals surface area contributed by atoms with Crippen LogP contribution in [0.5, 0.6) is 5.75 Å². The number of phenols is 1. The van der Waals surface area contributed by atoms with Gasteiger partial charge in [-0.05, 0) is 18.6 Å². The van der Waals surface area contributed by atoms with Crippen molar-refractivity contribution in [2.45, 2.75) is 13.0 Å². The summed E-state index contributed by atoms with van der Waals surface area (Å²) >= 11 is 0. The van der Waals surface area contributed by atoms with Crippen LogP contribution < -0.4 is 11.5 Å². The predicted octanol–water partition coefficient (Wildman–Crippen LogP) is 0.659. The Balaban J connectivity index is 3.12. The van der Waals surface area contributed by atoms with Crippen LogP contribution in [-0.4, -0.2) is 11.7 Å². The first kappa shape index (κ1) is 9.03. The second kappa shape index (κ2) is 3.56. The molecule has 0 bridgehead atoms. The minimum atomic E-state index is -0.272. The van der Waals surface area contributed by atoms with Gasteiger partial charge in [0, 0.05) is 18.2 Å². The molecule has 1 aromatic rings. The largest absolute Gasteiger partial charge is 0.508 e. The number of hydrogen-bond acceptors (Lipinski definition) is 3.